The quantitative estimate of drug-likeness (QED) is 0.748. The lowest BCUT2D eigenvalue weighted by atomic mass is 9.99. The lowest BCUT2D eigenvalue weighted by molar-refractivity contribution is 0.0604. The molecule has 0 spiro atoms. The number of carbonyl (C=O) groups is 1. The van der Waals surface area contributed by atoms with Crippen LogP contribution in [-0.2, 0) is 5.60 Å². The van der Waals surface area contributed by atoms with E-state index in [4.69, 9.17) is 0 Å². The summed E-state index contributed by atoms with van der Waals surface area (Å²) in [7, 11) is 2.02. The first kappa shape index (κ1) is 18.3. The van der Waals surface area contributed by atoms with Gasteiger partial charge in [-0.1, -0.05) is 6.07 Å². The maximum atomic E-state index is 12.1. The van der Waals surface area contributed by atoms with Gasteiger partial charge in [-0.3, -0.25) is 0 Å². The number of anilines is 2. The summed E-state index contributed by atoms with van der Waals surface area (Å²) in [5.41, 5.74) is 1.46. The average molecular weight is 347 g/mol. The highest BCUT2D eigenvalue weighted by Crippen LogP contribution is 2.22. The Labute approximate surface area is 147 Å². The molecule has 0 bridgehead atoms. The fourth-order valence-corrected chi connectivity index (χ4v) is 2.98. The van der Waals surface area contributed by atoms with E-state index >= 15 is 0 Å². The Morgan fingerprint density at radius 1 is 1.38 bits per heavy atom. The molecule has 6 heteroatoms. The monoisotopic (exact) mass is 347 g/mol. The molecule has 3 N–H and O–H groups in total. The average Bonchev–Trinajstić information content (AvgIpc) is 3.08. The van der Waals surface area contributed by atoms with E-state index in [0.29, 0.717) is 11.7 Å². The predicted molar refractivity (Wildman–Crippen MR) is 101 cm³/mol. The summed E-state index contributed by atoms with van der Waals surface area (Å²) in [4.78, 5) is 14.2. The van der Waals surface area contributed by atoms with Crippen molar-refractivity contribution in [3.63, 3.8) is 0 Å². The summed E-state index contributed by atoms with van der Waals surface area (Å²) < 4.78 is 0. The number of amides is 2. The van der Waals surface area contributed by atoms with Crippen molar-refractivity contribution in [2.45, 2.75) is 32.4 Å². The van der Waals surface area contributed by atoms with Gasteiger partial charge in [-0.05, 0) is 61.4 Å². The van der Waals surface area contributed by atoms with Crippen molar-refractivity contribution in [3.8, 4) is 0 Å². The van der Waals surface area contributed by atoms with Crippen LogP contribution in [0.4, 0.5) is 16.2 Å². The van der Waals surface area contributed by atoms with Crippen LogP contribution in [0, 0.1) is 0 Å². The first-order valence-electron chi connectivity index (χ1n) is 7.92. The Hall–Kier alpha value is -2.05. The van der Waals surface area contributed by atoms with Crippen molar-refractivity contribution in [1.29, 1.82) is 0 Å². The number of rotatable bonds is 6. The molecule has 130 valence electrons. The fraction of sp³-hybridized carbons (Fsp3) is 0.389. The number of benzene rings is 1. The first-order chi connectivity index (χ1) is 11.3. The van der Waals surface area contributed by atoms with Crippen LogP contribution < -0.4 is 15.5 Å². The molecule has 0 aliphatic heterocycles. The molecule has 0 radical (unpaired) electrons. The maximum Gasteiger partial charge on any atom is 0.319 e. The third-order valence-electron chi connectivity index (χ3n) is 4.02. The van der Waals surface area contributed by atoms with Crippen LogP contribution in [-0.4, -0.2) is 30.8 Å². The number of thiophene rings is 1. The SMILES string of the molecule is CC(C)N(C)c1cccc(NC(=O)NCC(C)(O)c2ccsc2)c1. The van der Waals surface area contributed by atoms with E-state index in [-0.39, 0.29) is 12.6 Å². The second kappa shape index (κ2) is 7.68. The molecular weight excluding hydrogens is 322 g/mol. The van der Waals surface area contributed by atoms with Crippen molar-refractivity contribution >= 4 is 28.7 Å². The van der Waals surface area contributed by atoms with E-state index in [1.54, 1.807) is 6.92 Å². The van der Waals surface area contributed by atoms with Crippen LogP contribution in [0.25, 0.3) is 0 Å². The maximum absolute atomic E-state index is 12.1. The molecule has 0 saturated heterocycles. The summed E-state index contributed by atoms with van der Waals surface area (Å²) in [5, 5.41) is 19.7. The Bertz CT molecular complexity index is 669. The van der Waals surface area contributed by atoms with Crippen LogP contribution in [0.2, 0.25) is 0 Å². The molecule has 0 fully saturated rings. The predicted octanol–water partition coefficient (Wildman–Crippen LogP) is 3.62. The van der Waals surface area contributed by atoms with Gasteiger partial charge in [0.2, 0.25) is 0 Å². The van der Waals surface area contributed by atoms with Gasteiger partial charge in [0.05, 0.1) is 6.54 Å². The normalized spacial score (nSPS) is 13.4. The molecule has 2 aromatic rings. The largest absolute Gasteiger partial charge is 0.384 e. The van der Waals surface area contributed by atoms with E-state index < -0.39 is 5.60 Å². The van der Waals surface area contributed by atoms with E-state index in [1.165, 1.54) is 11.3 Å². The number of hydrogen-bond acceptors (Lipinski definition) is 4. The number of urea groups is 1. The minimum atomic E-state index is -1.09. The van der Waals surface area contributed by atoms with Gasteiger partial charge in [-0.2, -0.15) is 11.3 Å². The zero-order chi connectivity index (χ0) is 17.7. The molecule has 1 aromatic carbocycles. The highest BCUT2D eigenvalue weighted by Gasteiger charge is 2.24. The summed E-state index contributed by atoms with van der Waals surface area (Å²) in [6.45, 7) is 6.05. The topological polar surface area (TPSA) is 64.6 Å². The second-order valence-electron chi connectivity index (χ2n) is 6.35. The molecule has 1 heterocycles. The van der Waals surface area contributed by atoms with E-state index in [9.17, 15) is 9.90 Å². The molecule has 2 rings (SSSR count). The first-order valence-corrected chi connectivity index (χ1v) is 8.86. The Balaban J connectivity index is 1.94. The van der Waals surface area contributed by atoms with Gasteiger partial charge in [0.15, 0.2) is 0 Å². The minimum absolute atomic E-state index is 0.140. The van der Waals surface area contributed by atoms with Crippen molar-refractivity contribution in [2.75, 3.05) is 23.8 Å². The van der Waals surface area contributed by atoms with Gasteiger partial charge in [0, 0.05) is 24.5 Å². The lowest BCUT2D eigenvalue weighted by Gasteiger charge is -2.25. The molecule has 2 amide bonds. The number of aliphatic hydroxyl groups is 1. The third-order valence-corrected chi connectivity index (χ3v) is 4.71. The molecule has 1 atom stereocenters. The van der Waals surface area contributed by atoms with Gasteiger partial charge in [-0.25, -0.2) is 4.79 Å². The van der Waals surface area contributed by atoms with Crippen molar-refractivity contribution in [2.24, 2.45) is 0 Å². The highest BCUT2D eigenvalue weighted by atomic mass is 32.1. The van der Waals surface area contributed by atoms with Gasteiger partial charge in [-0.15, -0.1) is 0 Å². The number of hydrogen-bond donors (Lipinski definition) is 3. The summed E-state index contributed by atoms with van der Waals surface area (Å²) in [5.74, 6) is 0. The van der Waals surface area contributed by atoms with Crippen molar-refractivity contribution in [1.82, 2.24) is 5.32 Å². The number of carbonyl (C=O) groups excluding carboxylic acids is 1. The Kier molecular flexibility index (Phi) is 5.85. The van der Waals surface area contributed by atoms with Gasteiger partial charge in [0.25, 0.3) is 0 Å². The molecule has 0 aliphatic carbocycles. The van der Waals surface area contributed by atoms with Gasteiger partial charge in [0.1, 0.15) is 5.60 Å². The second-order valence-corrected chi connectivity index (χ2v) is 7.13. The molecule has 0 aliphatic rings. The molecule has 24 heavy (non-hydrogen) atoms. The van der Waals surface area contributed by atoms with Crippen molar-refractivity contribution < 1.29 is 9.90 Å². The highest BCUT2D eigenvalue weighted by molar-refractivity contribution is 7.08. The molecule has 5 nitrogen and oxygen atoms in total. The molecule has 0 saturated carbocycles. The molecular formula is C18H25N3O2S. The summed E-state index contributed by atoms with van der Waals surface area (Å²) in [6, 6.07) is 9.57. The van der Waals surface area contributed by atoms with Crippen LogP contribution in [0.15, 0.2) is 41.1 Å². The van der Waals surface area contributed by atoms with E-state index in [0.717, 1.165) is 11.3 Å². The van der Waals surface area contributed by atoms with Crippen LogP contribution in [0.1, 0.15) is 26.3 Å². The van der Waals surface area contributed by atoms with Crippen LogP contribution in [0.3, 0.4) is 0 Å². The zero-order valence-corrected chi connectivity index (χ0v) is 15.4. The number of nitrogens with one attached hydrogen (secondary N) is 2. The molecule has 1 aromatic heterocycles. The van der Waals surface area contributed by atoms with Gasteiger partial charge < -0.3 is 20.6 Å². The third kappa shape index (κ3) is 4.72. The fourth-order valence-electron chi connectivity index (χ4n) is 2.20. The number of nitrogens with zero attached hydrogens (tertiary/aromatic N) is 1. The zero-order valence-electron chi connectivity index (χ0n) is 14.5. The van der Waals surface area contributed by atoms with E-state index in [1.807, 2.05) is 48.1 Å². The van der Waals surface area contributed by atoms with Crippen molar-refractivity contribution in [3.05, 3.63) is 46.7 Å². The summed E-state index contributed by atoms with van der Waals surface area (Å²) >= 11 is 1.52. The molecule has 1 unspecified atom stereocenters. The standard InChI is InChI=1S/C18H25N3O2S/c1-13(2)21(4)16-7-5-6-15(10-16)20-17(22)19-12-18(3,23)14-8-9-24-11-14/h5-11,13,23H,12H2,1-4H3,(H2,19,20,22). The van der Waals surface area contributed by atoms with Crippen LogP contribution >= 0.6 is 11.3 Å². The smallest absolute Gasteiger partial charge is 0.319 e. The van der Waals surface area contributed by atoms with Gasteiger partial charge >= 0.3 is 6.03 Å². The minimum Gasteiger partial charge on any atom is -0.384 e. The van der Waals surface area contributed by atoms with E-state index in [2.05, 4.69) is 29.4 Å². The lowest BCUT2D eigenvalue weighted by Crippen LogP contribution is -2.40. The summed E-state index contributed by atoms with van der Waals surface area (Å²) in [6.07, 6.45) is 0. The Morgan fingerprint density at radius 3 is 2.75 bits per heavy atom. The van der Waals surface area contributed by atoms with Crippen LogP contribution in [0.5, 0.6) is 0 Å². The Morgan fingerprint density at radius 2 is 2.12 bits per heavy atom.